The van der Waals surface area contributed by atoms with E-state index in [0.29, 0.717) is 26.1 Å². The smallest absolute Gasteiger partial charge is 0.240 e. The molecule has 2 aliphatic heterocycles. The molecule has 158 valence electrons. The molecule has 0 aliphatic carbocycles. The van der Waals surface area contributed by atoms with Gasteiger partial charge in [0, 0.05) is 58.1 Å². The highest BCUT2D eigenvalue weighted by molar-refractivity contribution is 5.82. The minimum atomic E-state index is -0.0449. The summed E-state index contributed by atoms with van der Waals surface area (Å²) in [4.78, 5) is 35.9. The summed E-state index contributed by atoms with van der Waals surface area (Å²) in [5.41, 5.74) is 2.32. The Morgan fingerprint density at radius 1 is 0.933 bits per heavy atom. The van der Waals surface area contributed by atoms with Crippen molar-refractivity contribution in [1.82, 2.24) is 19.7 Å². The van der Waals surface area contributed by atoms with Crippen LogP contribution >= 0.6 is 0 Å². The summed E-state index contributed by atoms with van der Waals surface area (Å²) >= 11 is 0. The zero-order chi connectivity index (χ0) is 20.8. The molecule has 0 N–H and O–H groups in total. The van der Waals surface area contributed by atoms with Crippen molar-refractivity contribution in [3.8, 4) is 0 Å². The highest BCUT2D eigenvalue weighted by Gasteiger charge is 2.35. The van der Waals surface area contributed by atoms with E-state index >= 15 is 0 Å². The summed E-state index contributed by atoms with van der Waals surface area (Å²) in [5, 5.41) is 0. The number of likely N-dealkylation sites (tertiary alicyclic amines) is 1. The molecular weight excluding hydrogens is 376 g/mol. The Labute approximate surface area is 178 Å². The number of piperazine rings is 1. The topological polar surface area (TPSA) is 56.8 Å². The Morgan fingerprint density at radius 3 is 2.40 bits per heavy atom. The number of amides is 2. The van der Waals surface area contributed by atoms with Crippen LogP contribution in [0.5, 0.6) is 0 Å². The van der Waals surface area contributed by atoms with Crippen molar-refractivity contribution >= 4 is 11.8 Å². The largest absolute Gasteiger partial charge is 0.340 e. The van der Waals surface area contributed by atoms with Gasteiger partial charge in [-0.1, -0.05) is 30.3 Å². The van der Waals surface area contributed by atoms with E-state index in [4.69, 9.17) is 0 Å². The average molecular weight is 407 g/mol. The van der Waals surface area contributed by atoms with Gasteiger partial charge in [-0.25, -0.2) is 0 Å². The third-order valence-corrected chi connectivity index (χ3v) is 6.20. The average Bonchev–Trinajstić information content (AvgIpc) is 2.80. The number of benzene rings is 1. The van der Waals surface area contributed by atoms with Crippen LogP contribution in [0.25, 0.3) is 0 Å². The van der Waals surface area contributed by atoms with Crippen LogP contribution in [0, 0.1) is 0 Å². The van der Waals surface area contributed by atoms with Crippen LogP contribution < -0.4 is 0 Å². The molecule has 0 bridgehead atoms. The van der Waals surface area contributed by atoms with Gasteiger partial charge in [-0.3, -0.25) is 19.5 Å². The lowest BCUT2D eigenvalue weighted by atomic mass is 10.0. The summed E-state index contributed by atoms with van der Waals surface area (Å²) in [6.45, 7) is 4.48. The van der Waals surface area contributed by atoms with Crippen molar-refractivity contribution < 1.29 is 9.59 Å². The van der Waals surface area contributed by atoms with Gasteiger partial charge < -0.3 is 9.80 Å². The van der Waals surface area contributed by atoms with Crippen molar-refractivity contribution in [3.63, 3.8) is 0 Å². The van der Waals surface area contributed by atoms with Crippen LogP contribution in [0.15, 0.2) is 54.9 Å². The Bertz CT molecular complexity index is 835. The molecule has 6 nitrogen and oxygen atoms in total. The number of aryl methyl sites for hydroxylation is 1. The van der Waals surface area contributed by atoms with E-state index in [1.807, 2.05) is 40.1 Å². The summed E-state index contributed by atoms with van der Waals surface area (Å²) in [6.07, 6.45) is 6.75. The minimum absolute atomic E-state index is 0.0449. The molecule has 2 aromatic rings. The number of hydrogen-bond donors (Lipinski definition) is 0. The van der Waals surface area contributed by atoms with E-state index in [2.05, 4.69) is 22.0 Å². The first-order chi connectivity index (χ1) is 14.7. The van der Waals surface area contributed by atoms with Crippen LogP contribution in [0.4, 0.5) is 0 Å². The lowest BCUT2D eigenvalue weighted by molar-refractivity contribution is -0.143. The molecule has 6 heteroatoms. The Hall–Kier alpha value is -2.73. The maximum Gasteiger partial charge on any atom is 0.240 e. The number of rotatable bonds is 6. The lowest BCUT2D eigenvalue weighted by Crippen LogP contribution is -2.58. The van der Waals surface area contributed by atoms with Crippen LogP contribution in [0.3, 0.4) is 0 Å². The number of hydrogen-bond acceptors (Lipinski definition) is 4. The maximum atomic E-state index is 13.1. The van der Waals surface area contributed by atoms with Crippen molar-refractivity contribution in [2.24, 2.45) is 0 Å². The van der Waals surface area contributed by atoms with E-state index in [0.717, 1.165) is 44.5 Å². The third-order valence-electron chi connectivity index (χ3n) is 6.20. The van der Waals surface area contributed by atoms with Crippen molar-refractivity contribution in [2.45, 2.75) is 38.3 Å². The number of carbonyl (C=O) groups is 2. The normalized spacial score (nSPS) is 20.4. The second kappa shape index (κ2) is 9.85. The van der Waals surface area contributed by atoms with E-state index in [1.54, 1.807) is 12.4 Å². The SMILES string of the molecule is O=C(CCc1ccncc1)N1CCN(C2CCCN(Cc3ccccc3)C2=O)CC1. The fourth-order valence-electron chi connectivity index (χ4n) is 4.46. The molecule has 30 heavy (non-hydrogen) atoms. The number of aromatic nitrogens is 1. The summed E-state index contributed by atoms with van der Waals surface area (Å²) in [7, 11) is 0. The van der Waals surface area contributed by atoms with Gasteiger partial charge in [-0.2, -0.15) is 0 Å². The van der Waals surface area contributed by atoms with Gasteiger partial charge in [0.1, 0.15) is 0 Å². The maximum absolute atomic E-state index is 13.1. The van der Waals surface area contributed by atoms with Gasteiger partial charge in [0.25, 0.3) is 0 Å². The Kier molecular flexibility index (Phi) is 6.74. The quantitative estimate of drug-likeness (QED) is 0.739. The van der Waals surface area contributed by atoms with E-state index < -0.39 is 0 Å². The molecule has 0 saturated carbocycles. The van der Waals surface area contributed by atoms with Crippen LogP contribution in [-0.2, 0) is 22.6 Å². The lowest BCUT2D eigenvalue weighted by Gasteiger charge is -2.42. The fourth-order valence-corrected chi connectivity index (χ4v) is 4.46. The van der Waals surface area contributed by atoms with E-state index in [9.17, 15) is 9.59 Å². The van der Waals surface area contributed by atoms with Crippen molar-refractivity contribution in [2.75, 3.05) is 32.7 Å². The molecule has 1 aromatic carbocycles. The Morgan fingerprint density at radius 2 is 1.67 bits per heavy atom. The van der Waals surface area contributed by atoms with E-state index in [-0.39, 0.29) is 17.9 Å². The molecule has 0 spiro atoms. The minimum Gasteiger partial charge on any atom is -0.340 e. The third kappa shape index (κ3) is 5.05. The van der Waals surface area contributed by atoms with Crippen molar-refractivity contribution in [3.05, 3.63) is 66.0 Å². The van der Waals surface area contributed by atoms with Gasteiger partial charge in [0.2, 0.25) is 11.8 Å². The van der Waals surface area contributed by atoms with Crippen LogP contribution in [0.2, 0.25) is 0 Å². The standard InChI is InChI=1S/C24H30N4O2/c29-23(9-8-20-10-12-25-13-11-20)27-17-15-26(16-18-27)22-7-4-14-28(24(22)30)19-21-5-2-1-3-6-21/h1-3,5-6,10-13,22H,4,7-9,14-19H2. The molecule has 3 heterocycles. The number of nitrogens with zero attached hydrogens (tertiary/aromatic N) is 4. The van der Waals surface area contributed by atoms with Crippen LogP contribution in [0.1, 0.15) is 30.4 Å². The van der Waals surface area contributed by atoms with Gasteiger partial charge in [0.15, 0.2) is 0 Å². The van der Waals surface area contributed by atoms with Gasteiger partial charge in [-0.05, 0) is 42.5 Å². The van der Waals surface area contributed by atoms with Gasteiger partial charge >= 0.3 is 0 Å². The zero-order valence-electron chi connectivity index (χ0n) is 17.4. The second-order valence-corrected chi connectivity index (χ2v) is 8.18. The monoisotopic (exact) mass is 406 g/mol. The molecule has 2 fully saturated rings. The van der Waals surface area contributed by atoms with Gasteiger partial charge in [-0.15, -0.1) is 0 Å². The summed E-state index contributed by atoms with van der Waals surface area (Å²) < 4.78 is 0. The second-order valence-electron chi connectivity index (χ2n) is 8.18. The summed E-state index contributed by atoms with van der Waals surface area (Å²) in [5.74, 6) is 0.440. The molecule has 0 radical (unpaired) electrons. The molecule has 1 unspecified atom stereocenters. The predicted octanol–water partition coefficient (Wildman–Crippen LogP) is 2.35. The first-order valence-electron chi connectivity index (χ1n) is 10.9. The Balaban J connectivity index is 1.27. The first kappa shape index (κ1) is 20.5. The highest BCUT2D eigenvalue weighted by atomic mass is 16.2. The highest BCUT2D eigenvalue weighted by Crippen LogP contribution is 2.21. The molecule has 2 aliphatic rings. The van der Waals surface area contributed by atoms with E-state index in [1.165, 1.54) is 5.56 Å². The predicted molar refractivity (Wildman–Crippen MR) is 116 cm³/mol. The number of piperidine rings is 1. The first-order valence-corrected chi connectivity index (χ1v) is 10.9. The molecule has 1 aromatic heterocycles. The van der Waals surface area contributed by atoms with Crippen LogP contribution in [-0.4, -0.2) is 70.3 Å². The molecule has 2 saturated heterocycles. The van der Waals surface area contributed by atoms with Gasteiger partial charge in [0.05, 0.1) is 6.04 Å². The number of carbonyl (C=O) groups excluding carboxylic acids is 2. The van der Waals surface area contributed by atoms with Crippen molar-refractivity contribution in [1.29, 1.82) is 0 Å². The molecule has 4 rings (SSSR count). The molecule has 2 amide bonds. The molecular formula is C24H30N4O2. The zero-order valence-corrected chi connectivity index (χ0v) is 17.4. The summed E-state index contributed by atoms with van der Waals surface area (Å²) in [6, 6.07) is 14.1. The molecule has 1 atom stereocenters. The fraction of sp³-hybridized carbons (Fsp3) is 0.458. The number of pyridine rings is 1.